The summed E-state index contributed by atoms with van der Waals surface area (Å²) in [6, 6.07) is 3.20. The number of nitrogens with zero attached hydrogens (tertiary/aromatic N) is 4. The van der Waals surface area contributed by atoms with E-state index in [1.807, 2.05) is 0 Å². The van der Waals surface area contributed by atoms with Crippen molar-refractivity contribution in [2.45, 2.75) is 6.54 Å². The van der Waals surface area contributed by atoms with E-state index in [2.05, 4.69) is 14.8 Å². The van der Waals surface area contributed by atoms with Crippen molar-refractivity contribution >= 4 is 5.69 Å². The van der Waals surface area contributed by atoms with Gasteiger partial charge in [0.1, 0.15) is 6.20 Å². The predicted molar refractivity (Wildman–Crippen MR) is 69.7 cm³/mol. The summed E-state index contributed by atoms with van der Waals surface area (Å²) in [7, 11) is 0. The Hall–Kier alpha value is -1.57. The highest BCUT2D eigenvalue weighted by Gasteiger charge is 2.17. The molecule has 2 rings (SSSR count). The molecule has 0 saturated carbocycles. The first-order valence-electron chi connectivity index (χ1n) is 6.34. The highest BCUT2D eigenvalue weighted by Crippen LogP contribution is 2.11. The number of piperazine rings is 1. The summed E-state index contributed by atoms with van der Waals surface area (Å²) >= 11 is 0. The van der Waals surface area contributed by atoms with Crippen LogP contribution in [0.3, 0.4) is 0 Å². The van der Waals surface area contributed by atoms with E-state index in [-0.39, 0.29) is 12.3 Å². The zero-order chi connectivity index (χ0) is 13.7. The Morgan fingerprint density at radius 2 is 1.95 bits per heavy atom. The molecule has 0 aromatic carbocycles. The molecule has 0 spiro atoms. The minimum Gasteiger partial charge on any atom is -0.395 e. The van der Waals surface area contributed by atoms with Gasteiger partial charge in [-0.25, -0.2) is 0 Å². The van der Waals surface area contributed by atoms with Gasteiger partial charge in [-0.05, 0) is 6.07 Å². The molecule has 1 saturated heterocycles. The van der Waals surface area contributed by atoms with E-state index in [0.717, 1.165) is 38.4 Å². The first kappa shape index (κ1) is 13.9. The molecule has 0 radical (unpaired) electrons. The van der Waals surface area contributed by atoms with Gasteiger partial charge in [-0.3, -0.25) is 24.9 Å². The lowest BCUT2D eigenvalue weighted by molar-refractivity contribution is -0.385. The lowest BCUT2D eigenvalue weighted by Crippen LogP contribution is -2.46. The van der Waals surface area contributed by atoms with Crippen LogP contribution in [0.15, 0.2) is 18.3 Å². The minimum atomic E-state index is -0.440. The zero-order valence-corrected chi connectivity index (χ0v) is 10.7. The smallest absolute Gasteiger partial charge is 0.287 e. The third kappa shape index (κ3) is 3.95. The number of aliphatic hydroxyl groups is 1. The molecule has 1 aliphatic heterocycles. The van der Waals surface area contributed by atoms with Crippen molar-refractivity contribution in [3.05, 3.63) is 34.1 Å². The maximum absolute atomic E-state index is 10.5. The van der Waals surface area contributed by atoms with Crippen LogP contribution in [-0.4, -0.2) is 64.1 Å². The summed E-state index contributed by atoms with van der Waals surface area (Å²) < 4.78 is 0. The van der Waals surface area contributed by atoms with Crippen molar-refractivity contribution in [2.75, 3.05) is 39.3 Å². The highest BCUT2D eigenvalue weighted by molar-refractivity contribution is 5.26. The van der Waals surface area contributed by atoms with Gasteiger partial charge in [0.05, 0.1) is 17.2 Å². The molecular formula is C12H18N4O3. The molecule has 0 aliphatic carbocycles. The number of nitro groups is 1. The number of pyridine rings is 1. The van der Waals surface area contributed by atoms with Crippen molar-refractivity contribution in [1.82, 2.24) is 14.8 Å². The van der Waals surface area contributed by atoms with Crippen LogP contribution in [0, 0.1) is 10.1 Å². The van der Waals surface area contributed by atoms with Crippen LogP contribution >= 0.6 is 0 Å². The Kier molecular flexibility index (Phi) is 4.78. The summed E-state index contributed by atoms with van der Waals surface area (Å²) in [5, 5.41) is 19.4. The number of aliphatic hydroxyl groups excluding tert-OH is 1. The first-order valence-corrected chi connectivity index (χ1v) is 6.34. The lowest BCUT2D eigenvalue weighted by Gasteiger charge is -2.34. The van der Waals surface area contributed by atoms with E-state index >= 15 is 0 Å². The van der Waals surface area contributed by atoms with Gasteiger partial charge in [-0.15, -0.1) is 0 Å². The number of aromatic nitrogens is 1. The number of hydrogen-bond acceptors (Lipinski definition) is 6. The van der Waals surface area contributed by atoms with E-state index in [1.165, 1.54) is 12.3 Å². The second kappa shape index (κ2) is 6.55. The fourth-order valence-electron chi connectivity index (χ4n) is 2.16. The van der Waals surface area contributed by atoms with Crippen LogP contribution < -0.4 is 0 Å². The second-order valence-electron chi connectivity index (χ2n) is 4.61. The molecule has 0 unspecified atom stereocenters. The van der Waals surface area contributed by atoms with Crippen LogP contribution in [-0.2, 0) is 6.54 Å². The molecule has 2 heterocycles. The van der Waals surface area contributed by atoms with Gasteiger partial charge in [-0.2, -0.15) is 0 Å². The molecule has 1 aliphatic rings. The zero-order valence-electron chi connectivity index (χ0n) is 10.7. The van der Waals surface area contributed by atoms with Crippen molar-refractivity contribution < 1.29 is 10.0 Å². The van der Waals surface area contributed by atoms with E-state index in [1.54, 1.807) is 6.07 Å². The first-order chi connectivity index (χ1) is 9.19. The van der Waals surface area contributed by atoms with Crippen LogP contribution in [0.1, 0.15) is 5.69 Å². The molecule has 0 bridgehead atoms. The molecule has 0 amide bonds. The van der Waals surface area contributed by atoms with E-state index in [0.29, 0.717) is 6.54 Å². The van der Waals surface area contributed by atoms with Gasteiger partial charge in [-0.1, -0.05) is 0 Å². The average molecular weight is 266 g/mol. The largest absolute Gasteiger partial charge is 0.395 e. The third-order valence-electron chi connectivity index (χ3n) is 3.29. The third-order valence-corrected chi connectivity index (χ3v) is 3.29. The summed E-state index contributed by atoms with van der Waals surface area (Å²) in [4.78, 5) is 18.7. The number of rotatable bonds is 5. The molecule has 7 heteroatoms. The van der Waals surface area contributed by atoms with Gasteiger partial charge in [0.25, 0.3) is 5.69 Å². The normalized spacial score (nSPS) is 17.5. The molecule has 0 atom stereocenters. The van der Waals surface area contributed by atoms with Crippen molar-refractivity contribution in [3.8, 4) is 0 Å². The number of hydrogen-bond donors (Lipinski definition) is 1. The monoisotopic (exact) mass is 266 g/mol. The van der Waals surface area contributed by atoms with Crippen LogP contribution in [0.2, 0.25) is 0 Å². The molecule has 104 valence electrons. The van der Waals surface area contributed by atoms with Crippen LogP contribution in [0.25, 0.3) is 0 Å². The Balaban J connectivity index is 1.83. The molecule has 1 aromatic heterocycles. The topological polar surface area (TPSA) is 82.7 Å². The quantitative estimate of drug-likeness (QED) is 0.601. The van der Waals surface area contributed by atoms with E-state index in [4.69, 9.17) is 5.11 Å². The predicted octanol–water partition coefficient (Wildman–Crippen LogP) is 0.0997. The van der Waals surface area contributed by atoms with Gasteiger partial charge >= 0.3 is 0 Å². The maximum atomic E-state index is 10.5. The molecule has 1 fully saturated rings. The van der Waals surface area contributed by atoms with Gasteiger partial charge in [0.15, 0.2) is 0 Å². The Morgan fingerprint density at radius 1 is 1.26 bits per heavy atom. The second-order valence-corrected chi connectivity index (χ2v) is 4.61. The molecule has 1 aromatic rings. The summed E-state index contributed by atoms with van der Waals surface area (Å²) in [6.45, 7) is 5.37. The maximum Gasteiger partial charge on any atom is 0.287 e. The molecule has 1 N–H and O–H groups in total. The molecule has 19 heavy (non-hydrogen) atoms. The fraction of sp³-hybridized carbons (Fsp3) is 0.583. The lowest BCUT2D eigenvalue weighted by atomic mass is 10.2. The van der Waals surface area contributed by atoms with Crippen molar-refractivity contribution in [3.63, 3.8) is 0 Å². The summed E-state index contributed by atoms with van der Waals surface area (Å²) in [5.41, 5.74) is 0.873. The molecule has 7 nitrogen and oxygen atoms in total. The van der Waals surface area contributed by atoms with Crippen LogP contribution in [0.5, 0.6) is 0 Å². The standard InChI is InChI=1S/C12H18N4O3/c17-8-7-14-3-5-15(6-4-14)10-11-1-2-12(9-13-11)16(18)19/h1-2,9,17H,3-8,10H2. The Labute approximate surface area is 111 Å². The van der Waals surface area contributed by atoms with Crippen molar-refractivity contribution in [1.29, 1.82) is 0 Å². The minimum absolute atomic E-state index is 0.0246. The van der Waals surface area contributed by atoms with Crippen molar-refractivity contribution in [2.24, 2.45) is 0 Å². The molecular weight excluding hydrogens is 248 g/mol. The van der Waals surface area contributed by atoms with Crippen LogP contribution in [0.4, 0.5) is 5.69 Å². The highest BCUT2D eigenvalue weighted by atomic mass is 16.6. The number of β-amino-alcohol motifs (C(OH)–C–C–N with tert-alkyl or cyclic N) is 1. The van der Waals surface area contributed by atoms with E-state index < -0.39 is 4.92 Å². The SMILES string of the molecule is O=[N+]([O-])c1ccc(CN2CCN(CCO)CC2)nc1. The van der Waals surface area contributed by atoms with Gasteiger partial charge in [0.2, 0.25) is 0 Å². The fourth-order valence-corrected chi connectivity index (χ4v) is 2.16. The van der Waals surface area contributed by atoms with Gasteiger partial charge in [0, 0.05) is 45.3 Å². The Morgan fingerprint density at radius 3 is 2.47 bits per heavy atom. The average Bonchev–Trinajstić information content (AvgIpc) is 2.42. The van der Waals surface area contributed by atoms with Gasteiger partial charge < -0.3 is 5.11 Å². The summed E-state index contributed by atoms with van der Waals surface area (Å²) in [5.74, 6) is 0. The Bertz CT molecular complexity index is 415. The summed E-state index contributed by atoms with van der Waals surface area (Å²) in [6.07, 6.45) is 1.30. The van der Waals surface area contributed by atoms with E-state index in [9.17, 15) is 10.1 Å².